The quantitative estimate of drug-likeness (QED) is 0.462. The van der Waals surface area contributed by atoms with Crippen LogP contribution in [0, 0.1) is 0 Å². The Morgan fingerprint density at radius 1 is 1.11 bits per heavy atom. The minimum absolute atomic E-state index is 0.0866. The van der Waals surface area contributed by atoms with Crippen LogP contribution in [0.5, 0.6) is 0 Å². The summed E-state index contributed by atoms with van der Waals surface area (Å²) >= 11 is -0.0866. The van der Waals surface area contributed by atoms with E-state index in [9.17, 15) is 17.7 Å². The molecule has 0 saturated heterocycles. The van der Waals surface area contributed by atoms with E-state index in [-0.39, 0.29) is 27.7 Å². The first-order valence-electron chi connectivity index (χ1n) is 8.37. The molecular formula is C19H18F3O3PSe. The third-order valence-electron chi connectivity index (χ3n) is 3.88. The van der Waals surface area contributed by atoms with Crippen molar-refractivity contribution in [2.45, 2.75) is 19.5 Å². The molecule has 1 atom stereocenters. The summed E-state index contributed by atoms with van der Waals surface area (Å²) in [6.07, 6.45) is -3.60. The molecule has 0 aliphatic carbocycles. The Morgan fingerprint density at radius 2 is 1.78 bits per heavy atom. The van der Waals surface area contributed by atoms with E-state index in [1.54, 1.807) is 6.92 Å². The van der Waals surface area contributed by atoms with Crippen molar-refractivity contribution in [2.24, 2.45) is 0 Å². The van der Waals surface area contributed by atoms with Crippen molar-refractivity contribution in [2.75, 3.05) is 12.8 Å². The van der Waals surface area contributed by atoms with E-state index < -0.39 is 19.3 Å². The van der Waals surface area contributed by atoms with E-state index in [0.717, 1.165) is 21.1 Å². The normalized spacial score (nSPS) is 20.4. The van der Waals surface area contributed by atoms with Crippen LogP contribution in [0.2, 0.25) is 0 Å². The van der Waals surface area contributed by atoms with E-state index in [1.165, 1.54) is 12.1 Å². The molecule has 3 nitrogen and oxygen atoms in total. The van der Waals surface area contributed by atoms with Gasteiger partial charge < -0.3 is 0 Å². The molecule has 0 aromatic heterocycles. The molecule has 0 amide bonds. The number of hydrogen-bond acceptors (Lipinski definition) is 3. The van der Waals surface area contributed by atoms with Gasteiger partial charge in [-0.3, -0.25) is 0 Å². The number of halogens is 3. The van der Waals surface area contributed by atoms with Gasteiger partial charge in [0.2, 0.25) is 0 Å². The Labute approximate surface area is 162 Å². The molecule has 3 rings (SSSR count). The number of benzene rings is 2. The van der Waals surface area contributed by atoms with E-state index in [4.69, 9.17) is 9.05 Å². The zero-order chi connectivity index (χ0) is 19.5. The number of allylic oxidation sites excluding steroid dienone is 1. The van der Waals surface area contributed by atoms with E-state index >= 15 is 0 Å². The molecule has 2 aromatic carbocycles. The molecule has 0 N–H and O–H groups in total. The molecule has 0 bridgehead atoms. The van der Waals surface area contributed by atoms with Crippen LogP contribution in [-0.2, 0) is 19.8 Å². The van der Waals surface area contributed by atoms with Crippen LogP contribution in [0.4, 0.5) is 13.2 Å². The van der Waals surface area contributed by atoms with Crippen molar-refractivity contribution in [1.82, 2.24) is 0 Å². The molecule has 1 aliphatic heterocycles. The monoisotopic (exact) mass is 462 g/mol. The van der Waals surface area contributed by atoms with E-state index in [2.05, 4.69) is 0 Å². The fourth-order valence-corrected chi connectivity index (χ4v) is 6.93. The van der Waals surface area contributed by atoms with E-state index in [1.807, 2.05) is 30.3 Å². The molecule has 2 aromatic rings. The fraction of sp³-hybridized carbons (Fsp3) is 0.263. The Balaban J connectivity index is 1.98. The van der Waals surface area contributed by atoms with Gasteiger partial charge in [-0.15, -0.1) is 0 Å². The van der Waals surface area contributed by atoms with Gasteiger partial charge in [0.25, 0.3) is 0 Å². The zero-order valence-corrected chi connectivity index (χ0v) is 17.1. The third kappa shape index (κ3) is 5.05. The Kier molecular flexibility index (Phi) is 6.17. The molecule has 8 heteroatoms. The molecule has 1 heterocycles. The van der Waals surface area contributed by atoms with Gasteiger partial charge in [0.1, 0.15) is 0 Å². The molecular weight excluding hydrogens is 443 g/mol. The first-order chi connectivity index (χ1) is 12.8. The summed E-state index contributed by atoms with van der Waals surface area (Å²) in [7, 11) is -3.29. The molecule has 0 spiro atoms. The van der Waals surface area contributed by atoms with Crippen LogP contribution in [0.25, 0.3) is 5.76 Å². The molecule has 0 radical (unpaired) electrons. The first-order valence-corrected chi connectivity index (χ1v) is 11.8. The van der Waals surface area contributed by atoms with Gasteiger partial charge in [0.05, 0.1) is 0 Å². The van der Waals surface area contributed by atoms with Crippen LogP contribution in [-0.4, -0.2) is 27.7 Å². The SMILES string of the molecule is CCOP1(=O)CCC([Se]c2ccccc2)=C(c2ccc(C(F)(F)F)cc2)O1. The number of hydrogen-bond donors (Lipinski definition) is 0. The van der Waals surface area contributed by atoms with Crippen molar-refractivity contribution in [3.63, 3.8) is 0 Å². The molecule has 144 valence electrons. The number of rotatable bonds is 5. The maximum absolute atomic E-state index is 12.8. The maximum atomic E-state index is 12.8. The van der Waals surface area contributed by atoms with Crippen LogP contribution in [0.15, 0.2) is 59.1 Å². The van der Waals surface area contributed by atoms with Crippen molar-refractivity contribution in [1.29, 1.82) is 0 Å². The molecule has 27 heavy (non-hydrogen) atoms. The summed E-state index contributed by atoms with van der Waals surface area (Å²) in [6, 6.07) is 14.5. The summed E-state index contributed by atoms with van der Waals surface area (Å²) in [4.78, 5) is 0. The van der Waals surface area contributed by atoms with Gasteiger partial charge in [-0.1, -0.05) is 0 Å². The number of alkyl halides is 3. The summed E-state index contributed by atoms with van der Waals surface area (Å²) in [6.45, 7) is 1.98. The minimum atomic E-state index is -4.41. The molecule has 0 fully saturated rings. The van der Waals surface area contributed by atoms with Gasteiger partial charge >= 0.3 is 162 Å². The van der Waals surface area contributed by atoms with Gasteiger partial charge in [-0.05, 0) is 0 Å². The summed E-state index contributed by atoms with van der Waals surface area (Å²) in [5, 5.41) is 0. The summed E-state index contributed by atoms with van der Waals surface area (Å²) in [5.41, 5.74) is -0.249. The van der Waals surface area contributed by atoms with Crippen molar-refractivity contribution >= 4 is 32.8 Å². The topological polar surface area (TPSA) is 35.5 Å². The van der Waals surface area contributed by atoms with Crippen molar-refractivity contribution in [3.8, 4) is 0 Å². The average molecular weight is 461 g/mol. The van der Waals surface area contributed by atoms with Crippen molar-refractivity contribution in [3.05, 3.63) is 70.2 Å². The van der Waals surface area contributed by atoms with Crippen LogP contribution in [0.3, 0.4) is 0 Å². The summed E-state index contributed by atoms with van der Waals surface area (Å²) in [5.74, 6) is 0.385. The predicted molar refractivity (Wildman–Crippen MR) is 100.0 cm³/mol. The average Bonchev–Trinajstić information content (AvgIpc) is 2.64. The Morgan fingerprint density at radius 3 is 2.37 bits per heavy atom. The first kappa shape index (κ1) is 20.2. The van der Waals surface area contributed by atoms with Gasteiger partial charge in [-0.2, -0.15) is 0 Å². The molecule has 0 saturated carbocycles. The van der Waals surface area contributed by atoms with Crippen LogP contribution in [0.1, 0.15) is 24.5 Å². The predicted octanol–water partition coefficient (Wildman–Crippen LogP) is 5.05. The third-order valence-corrected chi connectivity index (χ3v) is 8.16. The standard InChI is InChI=1S/C19H18F3O3PSe/c1-2-24-26(23)13-12-17(27-16-6-4-3-5-7-16)18(25-26)14-8-10-15(11-9-14)19(20,21)22/h3-11H,2,12-13H2,1H3. The van der Waals surface area contributed by atoms with Gasteiger partial charge in [0.15, 0.2) is 0 Å². The second kappa shape index (κ2) is 8.24. The molecule has 1 aliphatic rings. The second-order valence-electron chi connectivity index (χ2n) is 5.84. The molecule has 1 unspecified atom stereocenters. The van der Waals surface area contributed by atoms with Crippen LogP contribution < -0.4 is 4.46 Å². The Hall–Kier alpha value is -1.52. The second-order valence-corrected chi connectivity index (χ2v) is 10.4. The van der Waals surface area contributed by atoms with Gasteiger partial charge in [-0.25, -0.2) is 0 Å². The zero-order valence-electron chi connectivity index (χ0n) is 14.5. The summed E-state index contributed by atoms with van der Waals surface area (Å²) < 4.78 is 64.5. The van der Waals surface area contributed by atoms with E-state index in [0.29, 0.717) is 17.7 Å². The van der Waals surface area contributed by atoms with Crippen molar-refractivity contribution < 1.29 is 26.8 Å². The Bertz CT molecular complexity index is 864. The van der Waals surface area contributed by atoms with Crippen LogP contribution >= 0.6 is 7.60 Å². The van der Waals surface area contributed by atoms with Gasteiger partial charge in [0, 0.05) is 0 Å². The fourth-order valence-electron chi connectivity index (χ4n) is 2.63.